The summed E-state index contributed by atoms with van der Waals surface area (Å²) in [6, 6.07) is 0.360. The summed E-state index contributed by atoms with van der Waals surface area (Å²) >= 11 is 0. The molecule has 0 aromatic carbocycles. The monoisotopic (exact) mass is 280 g/mol. The van der Waals surface area contributed by atoms with Crippen molar-refractivity contribution in [1.29, 1.82) is 0 Å². The van der Waals surface area contributed by atoms with Crippen molar-refractivity contribution in [3.8, 4) is 0 Å². The Balaban J connectivity index is 1.78. The van der Waals surface area contributed by atoms with Crippen LogP contribution in [0, 0.1) is 0 Å². The van der Waals surface area contributed by atoms with Crippen LogP contribution in [0.3, 0.4) is 0 Å². The molecule has 1 aliphatic heterocycles. The molecule has 1 aliphatic rings. The summed E-state index contributed by atoms with van der Waals surface area (Å²) in [5, 5.41) is 10.6. The maximum atomic E-state index is 12.0. The van der Waals surface area contributed by atoms with Gasteiger partial charge in [-0.25, -0.2) is 0 Å². The van der Waals surface area contributed by atoms with Crippen molar-refractivity contribution in [3.05, 3.63) is 11.9 Å². The van der Waals surface area contributed by atoms with Crippen LogP contribution >= 0.6 is 0 Å². The zero-order chi connectivity index (χ0) is 14.4. The minimum Gasteiger partial charge on any atom is -0.349 e. The smallest absolute Gasteiger partial charge is 0.273 e. The van der Waals surface area contributed by atoms with Crippen molar-refractivity contribution in [2.75, 3.05) is 26.2 Å². The minimum atomic E-state index is -0.169. The van der Waals surface area contributed by atoms with Gasteiger partial charge in [-0.2, -0.15) is 0 Å². The van der Waals surface area contributed by atoms with E-state index in [-0.39, 0.29) is 5.91 Å². The molecule has 1 aromatic heterocycles. The molecule has 20 heavy (non-hydrogen) atoms. The number of carbonyl (C=O) groups excluding carboxylic acids is 1. The van der Waals surface area contributed by atoms with Crippen LogP contribution in [0.1, 0.15) is 36.7 Å². The Morgan fingerprint density at radius 1 is 1.45 bits per heavy atom. The summed E-state index contributed by atoms with van der Waals surface area (Å²) < 4.78 is 1.59. The number of amides is 1. The average molecular weight is 280 g/mol. The van der Waals surface area contributed by atoms with E-state index >= 15 is 0 Å². The number of nitrogens with two attached hydrogens (primary N) is 1. The maximum absolute atomic E-state index is 12.0. The van der Waals surface area contributed by atoms with Gasteiger partial charge in [-0.05, 0) is 32.9 Å². The highest BCUT2D eigenvalue weighted by Crippen LogP contribution is 2.11. The van der Waals surface area contributed by atoms with E-state index in [0.29, 0.717) is 31.4 Å². The Kier molecular flexibility index (Phi) is 5.49. The van der Waals surface area contributed by atoms with Gasteiger partial charge in [0, 0.05) is 19.1 Å². The van der Waals surface area contributed by atoms with Gasteiger partial charge in [0.15, 0.2) is 5.69 Å². The number of nitrogens with zero attached hydrogens (tertiary/aromatic N) is 4. The maximum Gasteiger partial charge on any atom is 0.273 e. The molecule has 112 valence electrons. The molecule has 0 radical (unpaired) electrons. The summed E-state index contributed by atoms with van der Waals surface area (Å²) in [5.74, 6) is -0.169. The number of nitrogens with one attached hydrogen (secondary N) is 1. The van der Waals surface area contributed by atoms with Crippen LogP contribution in [0.4, 0.5) is 0 Å². The number of aromatic nitrogens is 3. The Morgan fingerprint density at radius 2 is 2.20 bits per heavy atom. The van der Waals surface area contributed by atoms with E-state index in [1.54, 1.807) is 10.9 Å². The molecule has 2 heterocycles. The molecule has 1 fully saturated rings. The highest BCUT2D eigenvalue weighted by Gasteiger charge is 2.18. The molecule has 0 bridgehead atoms. The SMILES string of the molecule is CC(CNC(=O)c1cn(CCN)nn1)N1CCCCC1. The lowest BCUT2D eigenvalue weighted by Gasteiger charge is -2.32. The number of likely N-dealkylation sites (tertiary alicyclic amines) is 1. The summed E-state index contributed by atoms with van der Waals surface area (Å²) in [6.07, 6.45) is 5.46. The number of hydrogen-bond acceptors (Lipinski definition) is 5. The number of piperidine rings is 1. The van der Waals surface area contributed by atoms with Gasteiger partial charge in [-0.15, -0.1) is 5.10 Å². The predicted octanol–water partition coefficient (Wildman–Crippen LogP) is -0.159. The van der Waals surface area contributed by atoms with Gasteiger partial charge in [0.2, 0.25) is 0 Å². The van der Waals surface area contributed by atoms with Gasteiger partial charge in [-0.1, -0.05) is 11.6 Å². The second-order valence-electron chi connectivity index (χ2n) is 5.31. The normalized spacial score (nSPS) is 17.9. The fourth-order valence-corrected chi connectivity index (χ4v) is 2.46. The lowest BCUT2D eigenvalue weighted by Crippen LogP contribution is -2.44. The third-order valence-electron chi connectivity index (χ3n) is 3.70. The lowest BCUT2D eigenvalue weighted by atomic mass is 10.1. The van der Waals surface area contributed by atoms with Crippen LogP contribution in [0.2, 0.25) is 0 Å². The van der Waals surface area contributed by atoms with E-state index in [9.17, 15) is 4.79 Å². The van der Waals surface area contributed by atoms with E-state index in [2.05, 4.69) is 27.5 Å². The second kappa shape index (κ2) is 7.35. The van der Waals surface area contributed by atoms with Crippen LogP contribution in [0.25, 0.3) is 0 Å². The molecule has 7 nitrogen and oxygen atoms in total. The molecule has 0 saturated carbocycles. The molecule has 0 aliphatic carbocycles. The third kappa shape index (κ3) is 4.01. The van der Waals surface area contributed by atoms with Gasteiger partial charge < -0.3 is 11.1 Å². The highest BCUT2D eigenvalue weighted by molar-refractivity contribution is 5.91. The van der Waals surface area contributed by atoms with Gasteiger partial charge >= 0.3 is 0 Å². The van der Waals surface area contributed by atoms with Gasteiger partial charge in [-0.3, -0.25) is 14.4 Å². The predicted molar refractivity (Wildman–Crippen MR) is 76.3 cm³/mol. The molecule has 3 N–H and O–H groups in total. The van der Waals surface area contributed by atoms with Gasteiger partial charge in [0.25, 0.3) is 5.91 Å². The van der Waals surface area contributed by atoms with Crippen molar-refractivity contribution in [3.63, 3.8) is 0 Å². The molecule has 1 amide bonds. The largest absolute Gasteiger partial charge is 0.349 e. The quantitative estimate of drug-likeness (QED) is 0.756. The van der Waals surface area contributed by atoms with Crippen LogP contribution < -0.4 is 11.1 Å². The van der Waals surface area contributed by atoms with Crippen LogP contribution in [-0.2, 0) is 6.54 Å². The van der Waals surface area contributed by atoms with Crippen molar-refractivity contribution >= 4 is 5.91 Å². The van der Waals surface area contributed by atoms with Crippen LogP contribution in [0.15, 0.2) is 6.20 Å². The van der Waals surface area contributed by atoms with Crippen LogP contribution in [0.5, 0.6) is 0 Å². The molecular weight excluding hydrogens is 256 g/mol. The molecule has 1 saturated heterocycles. The summed E-state index contributed by atoms with van der Waals surface area (Å²) in [6.45, 7) is 6.10. The molecule has 1 unspecified atom stereocenters. The van der Waals surface area contributed by atoms with Crippen molar-refractivity contribution < 1.29 is 4.79 Å². The molecule has 0 spiro atoms. The molecule has 1 atom stereocenters. The first kappa shape index (κ1) is 14.9. The fraction of sp³-hybridized carbons (Fsp3) is 0.769. The Morgan fingerprint density at radius 3 is 2.90 bits per heavy atom. The summed E-state index contributed by atoms with van der Waals surface area (Å²) in [4.78, 5) is 14.4. The number of rotatable bonds is 6. The van der Waals surface area contributed by atoms with E-state index < -0.39 is 0 Å². The molecule has 1 aromatic rings. The van der Waals surface area contributed by atoms with E-state index in [1.165, 1.54) is 19.3 Å². The molecule has 7 heteroatoms. The second-order valence-corrected chi connectivity index (χ2v) is 5.31. The number of carbonyl (C=O) groups is 1. The van der Waals surface area contributed by atoms with E-state index in [4.69, 9.17) is 5.73 Å². The Labute approximate surface area is 119 Å². The first-order chi connectivity index (χ1) is 9.70. The topological polar surface area (TPSA) is 89.1 Å². The van der Waals surface area contributed by atoms with Gasteiger partial charge in [0.1, 0.15) is 0 Å². The Hall–Kier alpha value is -1.47. The lowest BCUT2D eigenvalue weighted by molar-refractivity contribution is 0.0925. The number of hydrogen-bond donors (Lipinski definition) is 2. The van der Waals surface area contributed by atoms with E-state index in [1.807, 2.05) is 0 Å². The minimum absolute atomic E-state index is 0.169. The van der Waals surface area contributed by atoms with Gasteiger partial charge in [0.05, 0.1) is 12.7 Å². The standard InChI is InChI=1S/C13H24N6O/c1-11(18-6-3-2-4-7-18)9-15-13(20)12-10-19(8-5-14)17-16-12/h10-11H,2-9,14H2,1H3,(H,15,20). The summed E-state index contributed by atoms with van der Waals surface area (Å²) in [7, 11) is 0. The highest BCUT2D eigenvalue weighted by atomic mass is 16.2. The van der Waals surface area contributed by atoms with Crippen molar-refractivity contribution in [2.45, 2.75) is 38.8 Å². The van der Waals surface area contributed by atoms with E-state index in [0.717, 1.165) is 13.1 Å². The fourth-order valence-electron chi connectivity index (χ4n) is 2.46. The van der Waals surface area contributed by atoms with Crippen molar-refractivity contribution in [1.82, 2.24) is 25.2 Å². The average Bonchev–Trinajstić information content (AvgIpc) is 2.94. The summed E-state index contributed by atoms with van der Waals surface area (Å²) in [5.41, 5.74) is 5.78. The Bertz CT molecular complexity index is 426. The van der Waals surface area contributed by atoms with Crippen molar-refractivity contribution in [2.24, 2.45) is 5.73 Å². The first-order valence-electron chi connectivity index (χ1n) is 7.33. The first-order valence-corrected chi connectivity index (χ1v) is 7.33. The molecular formula is C13H24N6O. The zero-order valence-corrected chi connectivity index (χ0v) is 12.1. The molecule has 2 rings (SSSR count). The van der Waals surface area contributed by atoms with Crippen LogP contribution in [-0.4, -0.2) is 58.0 Å². The third-order valence-corrected chi connectivity index (χ3v) is 3.70. The zero-order valence-electron chi connectivity index (χ0n) is 12.1.